The predicted octanol–water partition coefficient (Wildman–Crippen LogP) is 1.18. The second-order valence-corrected chi connectivity index (χ2v) is 2.76. The fourth-order valence-electron chi connectivity index (χ4n) is 0.479. The Morgan fingerprint density at radius 3 is 2.33 bits per heavy atom. The highest BCUT2D eigenvalue weighted by Crippen LogP contribution is 1.94. The summed E-state index contributed by atoms with van der Waals surface area (Å²) >= 11 is 5.58. The lowest BCUT2D eigenvalue weighted by Crippen LogP contribution is -1.98. The summed E-state index contributed by atoms with van der Waals surface area (Å²) in [6.45, 7) is 1.60. The van der Waals surface area contributed by atoms with Crippen molar-refractivity contribution in [2.24, 2.45) is 0 Å². The Morgan fingerprint density at radius 2 is 1.73 bits per heavy atom. The average Bonchev–Trinajstić information content (AvgIpc) is 2.26. The Labute approximate surface area is 95.5 Å². The van der Waals surface area contributed by atoms with Crippen molar-refractivity contribution in [1.82, 2.24) is 0 Å². The molecule has 2 heteroatoms. The van der Waals surface area contributed by atoms with E-state index in [0.717, 1.165) is 0 Å². The van der Waals surface area contributed by atoms with Gasteiger partial charge in [0.2, 0.25) is 0 Å². The van der Waals surface area contributed by atoms with Crippen LogP contribution in [0.4, 0.5) is 0 Å². The maximum absolute atomic E-state index is 8.57. The van der Waals surface area contributed by atoms with Crippen LogP contribution in [0.2, 0.25) is 0 Å². The summed E-state index contributed by atoms with van der Waals surface area (Å²) in [5, 5.41) is 8.17. The van der Waals surface area contributed by atoms with E-state index in [0.29, 0.717) is 0 Å². The molecule has 0 fully saturated rings. The highest BCUT2D eigenvalue weighted by Gasteiger charge is 1.91. The van der Waals surface area contributed by atoms with Gasteiger partial charge >= 0.3 is 0 Å². The molecule has 0 spiro atoms. The maximum atomic E-state index is 8.57. The highest BCUT2D eigenvalue weighted by molar-refractivity contribution is 6.21. The van der Waals surface area contributed by atoms with Crippen molar-refractivity contribution in [3.63, 3.8) is 0 Å². The van der Waals surface area contributed by atoms with Crippen LogP contribution >= 0.6 is 11.6 Å². The van der Waals surface area contributed by atoms with E-state index in [1.165, 1.54) is 0 Å². The van der Waals surface area contributed by atoms with E-state index in [4.69, 9.17) is 16.7 Å². The van der Waals surface area contributed by atoms with Crippen molar-refractivity contribution >= 4 is 11.6 Å². The number of aliphatic hydroxyl groups excluding tert-OH is 1. The van der Waals surface area contributed by atoms with Crippen molar-refractivity contribution in [3.8, 4) is 47.4 Å². The largest absolute Gasteiger partial charge is 0.395 e. The first-order valence-electron chi connectivity index (χ1n) is 4.15. The molecule has 0 rings (SSSR count). The summed E-state index contributed by atoms with van der Waals surface area (Å²) in [7, 11) is 0. The van der Waals surface area contributed by atoms with Crippen LogP contribution < -0.4 is 0 Å². The summed E-state index contributed by atoms with van der Waals surface area (Å²) < 4.78 is 0. The third kappa shape index (κ3) is 10.1. The van der Waals surface area contributed by atoms with Crippen LogP contribution in [0.3, 0.4) is 0 Å². The molecule has 0 aromatic carbocycles. The van der Waals surface area contributed by atoms with Crippen molar-refractivity contribution < 1.29 is 5.11 Å². The molecule has 0 heterocycles. The normalized spacial score (nSPS) is 9.27. The SMILES string of the molecule is CC#CC#CC#CC#CC=C[C@H](Cl)CO. The van der Waals surface area contributed by atoms with Gasteiger partial charge in [-0.2, -0.15) is 0 Å². The molecule has 15 heavy (non-hydrogen) atoms. The van der Waals surface area contributed by atoms with Gasteiger partial charge in [0, 0.05) is 0 Å². The van der Waals surface area contributed by atoms with Gasteiger partial charge in [-0.25, -0.2) is 0 Å². The van der Waals surface area contributed by atoms with E-state index >= 15 is 0 Å². The zero-order valence-electron chi connectivity index (χ0n) is 8.26. The van der Waals surface area contributed by atoms with E-state index in [9.17, 15) is 0 Å². The van der Waals surface area contributed by atoms with Crippen molar-refractivity contribution in [3.05, 3.63) is 12.2 Å². The van der Waals surface area contributed by atoms with E-state index in [2.05, 4.69) is 47.4 Å². The molecule has 74 valence electrons. The van der Waals surface area contributed by atoms with Crippen LogP contribution in [0, 0.1) is 47.4 Å². The molecule has 1 N–H and O–H groups in total. The lowest BCUT2D eigenvalue weighted by molar-refractivity contribution is 0.305. The minimum Gasteiger partial charge on any atom is -0.395 e. The van der Waals surface area contributed by atoms with Crippen molar-refractivity contribution in [2.75, 3.05) is 6.61 Å². The molecule has 0 bridgehead atoms. The monoisotopic (exact) mass is 216 g/mol. The van der Waals surface area contributed by atoms with Gasteiger partial charge in [0.15, 0.2) is 0 Å². The first kappa shape index (κ1) is 13.2. The fourth-order valence-corrected chi connectivity index (χ4v) is 0.551. The number of allylic oxidation sites excluding steroid dienone is 1. The molecule has 0 saturated carbocycles. The predicted molar refractivity (Wildman–Crippen MR) is 62.6 cm³/mol. The van der Waals surface area contributed by atoms with Crippen LogP contribution in [-0.4, -0.2) is 17.1 Å². The van der Waals surface area contributed by atoms with Crippen molar-refractivity contribution in [2.45, 2.75) is 12.3 Å². The van der Waals surface area contributed by atoms with Crippen LogP contribution in [0.1, 0.15) is 6.92 Å². The van der Waals surface area contributed by atoms with Crippen LogP contribution in [0.25, 0.3) is 0 Å². The molecular weight excluding hydrogens is 208 g/mol. The zero-order valence-corrected chi connectivity index (χ0v) is 9.02. The molecule has 0 saturated heterocycles. The smallest absolute Gasteiger partial charge is 0.0756 e. The second-order valence-electron chi connectivity index (χ2n) is 2.20. The first-order chi connectivity index (χ1) is 7.31. The summed E-state index contributed by atoms with van der Waals surface area (Å²) in [6.07, 6.45) is 3.13. The zero-order chi connectivity index (χ0) is 11.4. The molecule has 0 aliphatic rings. The summed E-state index contributed by atoms with van der Waals surface area (Å²) in [5.74, 6) is 20.5. The van der Waals surface area contributed by atoms with E-state index in [1.807, 2.05) is 0 Å². The number of rotatable bonds is 2. The van der Waals surface area contributed by atoms with Gasteiger partial charge in [-0.1, -0.05) is 17.9 Å². The van der Waals surface area contributed by atoms with Crippen LogP contribution in [0.5, 0.6) is 0 Å². The standard InChI is InChI=1S/C13H9ClO/c1-2-3-4-5-6-7-8-9-10-11-13(14)12-15/h10-11,13,15H,12H2,1H3/t13-/m0/s1. The Bertz CT molecular complexity index is 444. The lowest BCUT2D eigenvalue weighted by Gasteiger charge is -1.92. The maximum Gasteiger partial charge on any atom is 0.0756 e. The molecule has 0 aromatic heterocycles. The second kappa shape index (κ2) is 10.3. The fraction of sp³-hybridized carbons (Fsp3) is 0.231. The summed E-state index contributed by atoms with van der Waals surface area (Å²) in [4.78, 5) is 0. The van der Waals surface area contributed by atoms with Crippen molar-refractivity contribution in [1.29, 1.82) is 0 Å². The Kier molecular flexibility index (Phi) is 9.09. The molecule has 0 unspecified atom stereocenters. The van der Waals surface area contributed by atoms with Gasteiger partial charge in [-0.05, 0) is 48.5 Å². The Morgan fingerprint density at radius 1 is 1.13 bits per heavy atom. The van der Waals surface area contributed by atoms with Crippen LogP contribution in [-0.2, 0) is 0 Å². The van der Waals surface area contributed by atoms with Gasteiger partial charge in [0.05, 0.1) is 12.0 Å². The molecule has 1 atom stereocenters. The Hall–Kier alpha value is -1.77. The minimum atomic E-state index is -0.396. The van der Waals surface area contributed by atoms with Gasteiger partial charge in [-0.15, -0.1) is 11.6 Å². The molecule has 0 aliphatic carbocycles. The van der Waals surface area contributed by atoms with Gasteiger partial charge < -0.3 is 5.11 Å². The number of alkyl halides is 1. The number of aliphatic hydroxyl groups is 1. The van der Waals surface area contributed by atoms with Crippen LogP contribution in [0.15, 0.2) is 12.2 Å². The topological polar surface area (TPSA) is 20.2 Å². The third-order valence-corrected chi connectivity index (χ3v) is 1.36. The van der Waals surface area contributed by atoms with Gasteiger partial charge in [-0.3, -0.25) is 0 Å². The molecular formula is C13H9ClO. The first-order valence-corrected chi connectivity index (χ1v) is 4.58. The highest BCUT2D eigenvalue weighted by atomic mass is 35.5. The lowest BCUT2D eigenvalue weighted by atomic mass is 10.4. The molecule has 0 amide bonds. The van der Waals surface area contributed by atoms with E-state index in [-0.39, 0.29) is 6.61 Å². The summed E-state index contributed by atoms with van der Waals surface area (Å²) in [6, 6.07) is 0. The summed E-state index contributed by atoms with van der Waals surface area (Å²) in [5.41, 5.74) is 0. The van der Waals surface area contributed by atoms with Gasteiger partial charge in [0.1, 0.15) is 0 Å². The third-order valence-electron chi connectivity index (χ3n) is 1.07. The number of halogens is 1. The molecule has 0 radical (unpaired) electrons. The van der Waals surface area contributed by atoms with E-state index < -0.39 is 5.38 Å². The Balaban J connectivity index is 4.05. The molecule has 0 aliphatic heterocycles. The number of hydrogen-bond acceptors (Lipinski definition) is 1. The minimum absolute atomic E-state index is 0.105. The quantitative estimate of drug-likeness (QED) is 0.543. The number of hydrogen-bond donors (Lipinski definition) is 1. The molecule has 0 aromatic rings. The average molecular weight is 217 g/mol. The van der Waals surface area contributed by atoms with Gasteiger partial charge in [0.25, 0.3) is 0 Å². The van der Waals surface area contributed by atoms with E-state index in [1.54, 1.807) is 19.1 Å². The molecule has 1 nitrogen and oxygen atoms in total.